The van der Waals surface area contributed by atoms with Gasteiger partial charge in [0.1, 0.15) is 6.10 Å². The summed E-state index contributed by atoms with van der Waals surface area (Å²) in [5.74, 6) is 2.47. The minimum absolute atomic E-state index is 0.0275. The Morgan fingerprint density at radius 1 is 1.37 bits per heavy atom. The summed E-state index contributed by atoms with van der Waals surface area (Å²) in [6.07, 6.45) is 3.15. The molecule has 5 unspecified atom stereocenters. The molecule has 4 heteroatoms. The summed E-state index contributed by atoms with van der Waals surface area (Å²) in [6.45, 7) is 8.87. The number of carbonyl (C=O) groups excluding carboxylic acids is 1. The molecule has 4 nitrogen and oxygen atoms in total. The van der Waals surface area contributed by atoms with E-state index in [1.165, 1.54) is 6.42 Å². The molecule has 3 rings (SSSR count). The van der Waals surface area contributed by atoms with E-state index in [9.17, 15) is 4.79 Å². The number of nitrogens with zero attached hydrogens (tertiary/aromatic N) is 1. The van der Waals surface area contributed by atoms with Crippen LogP contribution < -0.4 is 5.32 Å². The summed E-state index contributed by atoms with van der Waals surface area (Å²) in [5, 5.41) is 3.37. The molecule has 3 fully saturated rings. The predicted molar refractivity (Wildman–Crippen MR) is 73.5 cm³/mol. The van der Waals surface area contributed by atoms with Crippen molar-refractivity contribution in [2.75, 3.05) is 26.3 Å². The molecule has 0 amide bonds. The fourth-order valence-corrected chi connectivity index (χ4v) is 4.50. The highest BCUT2D eigenvalue weighted by Gasteiger charge is 2.45. The Balaban J connectivity index is 1.71. The summed E-state index contributed by atoms with van der Waals surface area (Å²) >= 11 is 0. The zero-order chi connectivity index (χ0) is 13.4. The minimum atomic E-state index is 0.0275. The van der Waals surface area contributed by atoms with Gasteiger partial charge in [-0.3, -0.25) is 9.69 Å². The molecule has 0 aromatic carbocycles. The van der Waals surface area contributed by atoms with Gasteiger partial charge in [-0.2, -0.15) is 0 Å². The van der Waals surface area contributed by atoms with Gasteiger partial charge in [0.2, 0.25) is 0 Å². The van der Waals surface area contributed by atoms with E-state index in [0.717, 1.165) is 32.7 Å². The number of rotatable bonds is 2. The number of carbonyl (C=O) groups is 1. The number of ether oxygens (including phenoxy) is 1. The van der Waals surface area contributed by atoms with Crippen LogP contribution in [0.4, 0.5) is 0 Å². The first-order valence-corrected chi connectivity index (χ1v) is 7.76. The normalized spacial score (nSPS) is 43.9. The van der Waals surface area contributed by atoms with Crippen LogP contribution in [-0.2, 0) is 9.53 Å². The monoisotopic (exact) mass is 266 g/mol. The lowest BCUT2D eigenvalue weighted by Crippen LogP contribution is -2.49. The smallest absolute Gasteiger partial charge is 0.306 e. The molecule has 19 heavy (non-hydrogen) atoms. The average molecular weight is 266 g/mol. The number of hydrogen-bond donors (Lipinski definition) is 1. The van der Waals surface area contributed by atoms with Crippen LogP contribution in [0.2, 0.25) is 0 Å². The van der Waals surface area contributed by atoms with Crippen molar-refractivity contribution in [3.63, 3.8) is 0 Å². The molecule has 2 heterocycles. The Hall–Kier alpha value is -0.610. The van der Waals surface area contributed by atoms with Crippen LogP contribution >= 0.6 is 0 Å². The van der Waals surface area contributed by atoms with E-state index in [0.29, 0.717) is 30.1 Å². The van der Waals surface area contributed by atoms with Crippen molar-refractivity contribution in [3.05, 3.63) is 0 Å². The lowest BCUT2D eigenvalue weighted by Gasteiger charge is -2.46. The van der Waals surface area contributed by atoms with Crippen molar-refractivity contribution in [1.29, 1.82) is 0 Å². The highest BCUT2D eigenvalue weighted by Crippen LogP contribution is 2.43. The van der Waals surface area contributed by atoms with Gasteiger partial charge in [0.15, 0.2) is 0 Å². The maximum absolute atomic E-state index is 11.9. The molecule has 0 bridgehead atoms. The number of fused-ring (bicyclic) bond motifs is 1. The van der Waals surface area contributed by atoms with Crippen LogP contribution in [-0.4, -0.2) is 43.3 Å². The van der Waals surface area contributed by atoms with Crippen molar-refractivity contribution in [2.45, 2.75) is 39.2 Å². The van der Waals surface area contributed by atoms with Crippen LogP contribution in [0.3, 0.4) is 0 Å². The Morgan fingerprint density at radius 2 is 2.21 bits per heavy atom. The zero-order valence-corrected chi connectivity index (χ0v) is 12.1. The molecular weight excluding hydrogens is 240 g/mol. The first-order chi connectivity index (χ1) is 9.13. The highest BCUT2D eigenvalue weighted by molar-refractivity contribution is 5.71. The molecule has 0 spiro atoms. The third-order valence-electron chi connectivity index (χ3n) is 5.18. The van der Waals surface area contributed by atoms with Crippen molar-refractivity contribution < 1.29 is 9.53 Å². The topological polar surface area (TPSA) is 41.6 Å². The first kappa shape index (κ1) is 13.4. The van der Waals surface area contributed by atoms with Gasteiger partial charge in [-0.25, -0.2) is 0 Å². The quantitative estimate of drug-likeness (QED) is 0.768. The van der Waals surface area contributed by atoms with Crippen molar-refractivity contribution in [3.8, 4) is 0 Å². The van der Waals surface area contributed by atoms with E-state index in [-0.39, 0.29) is 12.1 Å². The third-order valence-corrected chi connectivity index (χ3v) is 5.18. The molecule has 5 atom stereocenters. The number of esters is 1. The maximum Gasteiger partial charge on any atom is 0.306 e. The summed E-state index contributed by atoms with van der Waals surface area (Å²) < 4.78 is 5.65. The second-order valence-corrected chi connectivity index (χ2v) is 6.86. The predicted octanol–water partition coefficient (Wildman–Crippen LogP) is 1.46. The SMILES string of the molecule is CC1CC(C)C2C(CN3CCNC3)CC(=O)OC2C1. The molecule has 0 aromatic rings. The van der Waals surface area contributed by atoms with Crippen LogP contribution in [0.25, 0.3) is 0 Å². The van der Waals surface area contributed by atoms with Crippen molar-refractivity contribution >= 4 is 5.97 Å². The zero-order valence-electron chi connectivity index (χ0n) is 12.1. The van der Waals surface area contributed by atoms with Crippen LogP contribution in [0.5, 0.6) is 0 Å². The third kappa shape index (κ3) is 2.79. The van der Waals surface area contributed by atoms with Gasteiger partial charge < -0.3 is 10.1 Å². The molecule has 0 aromatic heterocycles. The Morgan fingerprint density at radius 3 is 2.95 bits per heavy atom. The molecule has 2 aliphatic heterocycles. The van der Waals surface area contributed by atoms with Crippen LogP contribution in [0.15, 0.2) is 0 Å². The van der Waals surface area contributed by atoms with Gasteiger partial charge in [0.05, 0.1) is 0 Å². The first-order valence-electron chi connectivity index (χ1n) is 7.76. The molecule has 1 N–H and O–H groups in total. The largest absolute Gasteiger partial charge is 0.462 e. The summed E-state index contributed by atoms with van der Waals surface area (Å²) in [7, 11) is 0. The van der Waals surface area contributed by atoms with E-state index in [4.69, 9.17) is 4.74 Å². The molecule has 0 radical (unpaired) electrons. The number of hydrogen-bond acceptors (Lipinski definition) is 4. The van der Waals surface area contributed by atoms with Crippen molar-refractivity contribution in [1.82, 2.24) is 10.2 Å². The van der Waals surface area contributed by atoms with Gasteiger partial charge in [0.25, 0.3) is 0 Å². The molecule has 1 saturated carbocycles. The summed E-state index contributed by atoms with van der Waals surface area (Å²) in [6, 6.07) is 0. The van der Waals surface area contributed by atoms with Crippen molar-refractivity contribution in [2.24, 2.45) is 23.7 Å². The molecule has 1 aliphatic carbocycles. The lowest BCUT2D eigenvalue weighted by atomic mass is 9.66. The molecule has 108 valence electrons. The minimum Gasteiger partial charge on any atom is -0.462 e. The van der Waals surface area contributed by atoms with Gasteiger partial charge in [-0.05, 0) is 30.6 Å². The van der Waals surface area contributed by atoms with E-state index in [1.807, 2.05) is 0 Å². The number of nitrogens with one attached hydrogen (secondary N) is 1. The fraction of sp³-hybridized carbons (Fsp3) is 0.933. The maximum atomic E-state index is 11.9. The van der Waals surface area contributed by atoms with E-state index in [1.54, 1.807) is 0 Å². The summed E-state index contributed by atoms with van der Waals surface area (Å²) in [5.41, 5.74) is 0. The lowest BCUT2D eigenvalue weighted by molar-refractivity contribution is -0.172. The second-order valence-electron chi connectivity index (χ2n) is 6.86. The molecule has 2 saturated heterocycles. The second kappa shape index (κ2) is 5.41. The van der Waals surface area contributed by atoms with Gasteiger partial charge in [-0.15, -0.1) is 0 Å². The summed E-state index contributed by atoms with van der Waals surface area (Å²) in [4.78, 5) is 14.3. The fourth-order valence-electron chi connectivity index (χ4n) is 4.50. The Kier molecular flexibility index (Phi) is 3.81. The molecular formula is C15H26N2O2. The highest BCUT2D eigenvalue weighted by atomic mass is 16.5. The molecule has 3 aliphatic rings. The average Bonchev–Trinajstić information content (AvgIpc) is 2.79. The Bertz CT molecular complexity index is 341. The van der Waals surface area contributed by atoms with Gasteiger partial charge in [-0.1, -0.05) is 13.8 Å². The standard InChI is InChI=1S/C15H26N2O2/c1-10-5-11(2)15-12(8-17-4-3-16-9-17)7-14(18)19-13(15)6-10/h10-13,15-16H,3-9H2,1-2H3. The van der Waals surface area contributed by atoms with E-state index >= 15 is 0 Å². The van der Waals surface area contributed by atoms with Gasteiger partial charge >= 0.3 is 5.97 Å². The van der Waals surface area contributed by atoms with E-state index in [2.05, 4.69) is 24.1 Å². The Labute approximate surface area is 115 Å². The van der Waals surface area contributed by atoms with Crippen LogP contribution in [0, 0.1) is 23.7 Å². The van der Waals surface area contributed by atoms with Gasteiger partial charge in [0, 0.05) is 38.6 Å². The van der Waals surface area contributed by atoms with Crippen LogP contribution in [0.1, 0.15) is 33.1 Å². The van der Waals surface area contributed by atoms with E-state index < -0.39 is 0 Å².